The summed E-state index contributed by atoms with van der Waals surface area (Å²) in [7, 11) is -1.74. The molecule has 1 saturated heterocycles. The maximum atomic E-state index is 12.4. The van der Waals surface area contributed by atoms with E-state index in [-0.39, 0.29) is 16.6 Å². The van der Waals surface area contributed by atoms with E-state index in [2.05, 4.69) is 9.62 Å². The van der Waals surface area contributed by atoms with Crippen LogP contribution < -0.4 is 4.72 Å². The normalized spacial score (nSPS) is 17.8. The Bertz CT molecular complexity index is 637. The van der Waals surface area contributed by atoms with Crippen LogP contribution in [0.25, 0.3) is 0 Å². The van der Waals surface area contributed by atoms with Crippen LogP contribution in [0.5, 0.6) is 0 Å². The van der Waals surface area contributed by atoms with Crippen LogP contribution in [0.3, 0.4) is 0 Å². The number of nitrogens with one attached hydrogen (secondary N) is 1. The lowest BCUT2D eigenvalue weighted by molar-refractivity contribution is -0.385. The maximum absolute atomic E-state index is 12.4. The molecule has 2 rings (SSSR count). The smallest absolute Gasteiger partial charge is 0.270 e. The number of rotatable bonds is 4. The zero-order chi connectivity index (χ0) is 15.6. The number of nitro groups is 1. The highest BCUT2D eigenvalue weighted by Crippen LogP contribution is 2.22. The van der Waals surface area contributed by atoms with Gasteiger partial charge in [0, 0.05) is 18.2 Å². The first-order valence-electron chi connectivity index (χ1n) is 6.75. The minimum Gasteiger partial charge on any atom is -0.306 e. The van der Waals surface area contributed by atoms with E-state index in [9.17, 15) is 18.5 Å². The molecule has 1 fully saturated rings. The fourth-order valence-corrected chi connectivity index (χ4v) is 3.97. The molecular weight excluding hydrogens is 294 g/mol. The maximum Gasteiger partial charge on any atom is 0.270 e. The molecule has 0 aromatic heterocycles. The number of nitro benzene ring substituents is 1. The van der Waals surface area contributed by atoms with Gasteiger partial charge in [0.2, 0.25) is 10.0 Å². The van der Waals surface area contributed by atoms with Crippen LogP contribution >= 0.6 is 0 Å². The number of benzene rings is 1. The number of non-ortho nitro benzene ring substituents is 1. The monoisotopic (exact) mass is 313 g/mol. The Morgan fingerprint density at radius 2 is 1.95 bits per heavy atom. The van der Waals surface area contributed by atoms with E-state index in [1.807, 2.05) is 7.05 Å². The van der Waals surface area contributed by atoms with Crippen molar-refractivity contribution in [3.8, 4) is 0 Å². The van der Waals surface area contributed by atoms with E-state index in [4.69, 9.17) is 0 Å². The summed E-state index contributed by atoms with van der Waals surface area (Å²) in [6.07, 6.45) is 1.48. The van der Waals surface area contributed by atoms with Crippen LogP contribution in [0.4, 0.5) is 5.69 Å². The molecule has 0 aliphatic carbocycles. The highest BCUT2D eigenvalue weighted by atomic mass is 32.2. The second-order valence-electron chi connectivity index (χ2n) is 5.41. The number of piperidine rings is 1. The highest BCUT2D eigenvalue weighted by molar-refractivity contribution is 7.89. The fraction of sp³-hybridized carbons (Fsp3) is 0.538. The van der Waals surface area contributed by atoms with Gasteiger partial charge in [-0.05, 0) is 45.5 Å². The largest absolute Gasteiger partial charge is 0.306 e. The van der Waals surface area contributed by atoms with Gasteiger partial charge in [-0.3, -0.25) is 10.1 Å². The minimum atomic E-state index is -3.74. The number of likely N-dealkylation sites (tertiary alicyclic amines) is 1. The van der Waals surface area contributed by atoms with Gasteiger partial charge in [-0.2, -0.15) is 0 Å². The van der Waals surface area contributed by atoms with Crippen molar-refractivity contribution in [2.45, 2.75) is 30.7 Å². The van der Waals surface area contributed by atoms with Gasteiger partial charge in [-0.15, -0.1) is 0 Å². The minimum absolute atomic E-state index is 0.0179. The van der Waals surface area contributed by atoms with E-state index in [0.29, 0.717) is 5.56 Å². The first-order valence-corrected chi connectivity index (χ1v) is 8.24. The van der Waals surface area contributed by atoms with Crippen molar-refractivity contribution in [2.24, 2.45) is 0 Å². The zero-order valence-corrected chi connectivity index (χ0v) is 12.9. The summed E-state index contributed by atoms with van der Waals surface area (Å²) < 4.78 is 27.5. The Hall–Kier alpha value is -1.51. The zero-order valence-electron chi connectivity index (χ0n) is 12.1. The third-order valence-corrected chi connectivity index (χ3v) is 5.37. The summed E-state index contributed by atoms with van der Waals surface area (Å²) in [5, 5.41) is 10.8. The third-order valence-electron chi connectivity index (χ3n) is 3.71. The molecule has 0 amide bonds. The molecule has 0 atom stereocenters. The molecule has 0 spiro atoms. The van der Waals surface area contributed by atoms with E-state index in [0.717, 1.165) is 32.0 Å². The SMILES string of the molecule is Cc1ccc([N+](=O)[O-])cc1S(=O)(=O)NC1CCN(C)CC1. The van der Waals surface area contributed by atoms with E-state index < -0.39 is 14.9 Å². The topological polar surface area (TPSA) is 92.5 Å². The third kappa shape index (κ3) is 3.78. The van der Waals surface area contributed by atoms with Gasteiger partial charge >= 0.3 is 0 Å². The number of hydrogen-bond donors (Lipinski definition) is 1. The number of aryl methyl sites for hydroxylation is 1. The van der Waals surface area contributed by atoms with Crippen molar-refractivity contribution in [2.75, 3.05) is 20.1 Å². The van der Waals surface area contributed by atoms with Crippen LogP contribution in [-0.4, -0.2) is 44.4 Å². The van der Waals surface area contributed by atoms with Gasteiger partial charge < -0.3 is 4.90 Å². The molecule has 1 aliphatic rings. The van der Waals surface area contributed by atoms with Crippen molar-refractivity contribution >= 4 is 15.7 Å². The molecule has 1 N–H and O–H groups in total. The van der Waals surface area contributed by atoms with Crippen LogP contribution in [0, 0.1) is 17.0 Å². The standard InChI is InChI=1S/C13H19N3O4S/c1-10-3-4-12(16(17)18)9-13(10)21(19,20)14-11-5-7-15(2)8-6-11/h3-4,9,11,14H,5-8H2,1-2H3. The summed E-state index contributed by atoms with van der Waals surface area (Å²) in [6, 6.07) is 3.77. The quantitative estimate of drug-likeness (QED) is 0.667. The summed E-state index contributed by atoms with van der Waals surface area (Å²) in [6.45, 7) is 3.30. The van der Waals surface area contributed by atoms with Gasteiger partial charge in [-0.25, -0.2) is 13.1 Å². The molecule has 7 nitrogen and oxygen atoms in total. The molecule has 1 heterocycles. The van der Waals surface area contributed by atoms with Crippen LogP contribution in [-0.2, 0) is 10.0 Å². The van der Waals surface area contributed by atoms with Gasteiger partial charge in [0.15, 0.2) is 0 Å². The highest BCUT2D eigenvalue weighted by Gasteiger charge is 2.26. The van der Waals surface area contributed by atoms with Crippen LogP contribution in [0.1, 0.15) is 18.4 Å². The second-order valence-corrected chi connectivity index (χ2v) is 7.09. The molecule has 1 aliphatic heterocycles. The lowest BCUT2D eigenvalue weighted by Gasteiger charge is -2.29. The molecule has 21 heavy (non-hydrogen) atoms. The summed E-state index contributed by atoms with van der Waals surface area (Å²) in [5.41, 5.74) is 0.283. The molecule has 0 unspecified atom stereocenters. The second kappa shape index (κ2) is 6.08. The molecular formula is C13H19N3O4S. The van der Waals surface area contributed by atoms with E-state index in [1.54, 1.807) is 6.92 Å². The van der Waals surface area contributed by atoms with Gasteiger partial charge in [0.25, 0.3) is 5.69 Å². The molecule has 0 bridgehead atoms. The van der Waals surface area contributed by atoms with Gasteiger partial charge in [0.1, 0.15) is 0 Å². The summed E-state index contributed by atoms with van der Waals surface area (Å²) >= 11 is 0. The first kappa shape index (κ1) is 15.9. The van der Waals surface area contributed by atoms with Crippen molar-refractivity contribution < 1.29 is 13.3 Å². The molecule has 8 heteroatoms. The predicted molar refractivity (Wildman–Crippen MR) is 78.7 cm³/mol. The van der Waals surface area contributed by atoms with Crippen molar-refractivity contribution in [1.29, 1.82) is 0 Å². The molecule has 0 saturated carbocycles. The predicted octanol–water partition coefficient (Wildman–Crippen LogP) is 1.28. The van der Waals surface area contributed by atoms with Crippen molar-refractivity contribution in [1.82, 2.24) is 9.62 Å². The Morgan fingerprint density at radius 3 is 2.52 bits per heavy atom. The van der Waals surface area contributed by atoms with Crippen molar-refractivity contribution in [3.05, 3.63) is 33.9 Å². The van der Waals surface area contributed by atoms with Crippen molar-refractivity contribution in [3.63, 3.8) is 0 Å². The van der Waals surface area contributed by atoms with Crippen LogP contribution in [0.2, 0.25) is 0 Å². The molecule has 1 aromatic carbocycles. The average molecular weight is 313 g/mol. The van der Waals surface area contributed by atoms with Gasteiger partial charge in [0.05, 0.1) is 9.82 Å². The Labute approximate surface area is 124 Å². The first-order chi connectivity index (χ1) is 9.79. The lowest BCUT2D eigenvalue weighted by Crippen LogP contribution is -2.43. The van der Waals surface area contributed by atoms with Gasteiger partial charge in [-0.1, -0.05) is 6.07 Å². The molecule has 1 aromatic rings. The Morgan fingerprint density at radius 1 is 1.33 bits per heavy atom. The summed E-state index contributed by atoms with van der Waals surface area (Å²) in [5.74, 6) is 0. The Balaban J connectivity index is 2.23. The number of nitrogens with zero attached hydrogens (tertiary/aromatic N) is 2. The number of sulfonamides is 1. The molecule has 116 valence electrons. The number of hydrogen-bond acceptors (Lipinski definition) is 5. The Kier molecular flexibility index (Phi) is 4.60. The summed E-state index contributed by atoms with van der Waals surface area (Å²) in [4.78, 5) is 12.3. The fourth-order valence-electron chi connectivity index (χ4n) is 2.40. The van der Waals surface area contributed by atoms with E-state index >= 15 is 0 Å². The molecule has 0 radical (unpaired) electrons. The van der Waals surface area contributed by atoms with Crippen LogP contribution in [0.15, 0.2) is 23.1 Å². The van der Waals surface area contributed by atoms with E-state index in [1.165, 1.54) is 12.1 Å². The lowest BCUT2D eigenvalue weighted by atomic mass is 10.1. The average Bonchev–Trinajstić information content (AvgIpc) is 2.41.